The van der Waals surface area contributed by atoms with Crippen LogP contribution in [-0.2, 0) is 6.42 Å². The fourth-order valence-electron chi connectivity index (χ4n) is 2.07. The number of rotatable bonds is 1. The molecule has 0 bridgehead atoms. The number of carboxylic acid groups (broad SMARTS) is 1. The van der Waals surface area contributed by atoms with Crippen LogP contribution in [0.2, 0.25) is 0 Å². The van der Waals surface area contributed by atoms with E-state index in [-0.39, 0.29) is 0 Å². The Morgan fingerprint density at radius 1 is 1.39 bits per heavy atom. The van der Waals surface area contributed by atoms with E-state index >= 15 is 0 Å². The smallest absolute Gasteiger partial charge is 0.347 e. The molecule has 0 atom stereocenters. The van der Waals surface area contributed by atoms with Gasteiger partial charge in [0.2, 0.25) is 0 Å². The van der Waals surface area contributed by atoms with Crippen molar-refractivity contribution in [1.82, 2.24) is 0 Å². The van der Waals surface area contributed by atoms with Crippen molar-refractivity contribution in [2.75, 3.05) is 6.61 Å². The van der Waals surface area contributed by atoms with E-state index in [1.165, 1.54) is 11.3 Å². The van der Waals surface area contributed by atoms with Gasteiger partial charge < -0.3 is 9.84 Å². The van der Waals surface area contributed by atoms with E-state index in [0.717, 1.165) is 21.8 Å². The van der Waals surface area contributed by atoms with E-state index in [1.807, 2.05) is 24.3 Å². The van der Waals surface area contributed by atoms with Crippen molar-refractivity contribution in [2.24, 2.45) is 0 Å². The highest BCUT2D eigenvalue weighted by Gasteiger charge is 2.25. The maximum absolute atomic E-state index is 11.2. The summed E-state index contributed by atoms with van der Waals surface area (Å²) in [5, 5.41) is 9.18. The van der Waals surface area contributed by atoms with E-state index in [1.54, 1.807) is 0 Å². The number of hydrogen-bond acceptors (Lipinski definition) is 3. The fraction of sp³-hybridized carbons (Fsp3) is 0.154. The molecule has 92 valence electrons. The average molecular weight is 325 g/mol. The van der Waals surface area contributed by atoms with Crippen molar-refractivity contribution < 1.29 is 14.6 Å². The Kier molecular flexibility index (Phi) is 2.87. The van der Waals surface area contributed by atoms with Gasteiger partial charge in [-0.3, -0.25) is 0 Å². The molecule has 1 N–H and O–H groups in total. The summed E-state index contributed by atoms with van der Waals surface area (Å²) in [5.74, 6) is -0.0692. The Morgan fingerprint density at radius 2 is 2.17 bits per heavy atom. The van der Waals surface area contributed by atoms with Crippen LogP contribution in [0, 0.1) is 0 Å². The Labute approximate surface area is 116 Å². The van der Waals surface area contributed by atoms with Crippen molar-refractivity contribution in [3.05, 3.63) is 39.2 Å². The summed E-state index contributed by atoms with van der Waals surface area (Å²) in [5.41, 5.74) is 2.01. The molecule has 0 saturated carbocycles. The van der Waals surface area contributed by atoms with Crippen LogP contribution in [0.5, 0.6) is 5.75 Å². The van der Waals surface area contributed by atoms with Crippen LogP contribution in [0.15, 0.2) is 28.7 Å². The molecule has 0 radical (unpaired) electrons. The minimum atomic E-state index is -0.890. The quantitative estimate of drug-likeness (QED) is 0.867. The zero-order chi connectivity index (χ0) is 12.7. The van der Waals surface area contributed by atoms with Crippen molar-refractivity contribution in [2.45, 2.75) is 6.42 Å². The van der Waals surface area contributed by atoms with Gasteiger partial charge in [-0.1, -0.05) is 12.1 Å². The van der Waals surface area contributed by atoms with Gasteiger partial charge in [-0.2, -0.15) is 0 Å². The van der Waals surface area contributed by atoms with Gasteiger partial charge in [0.15, 0.2) is 0 Å². The lowest BCUT2D eigenvalue weighted by atomic mass is 10.1. The molecule has 1 aromatic carbocycles. The molecule has 2 aromatic rings. The number of para-hydroxylation sites is 1. The standard InChI is InChI=1S/C13H9BrO3S/c14-10-8-5-6-17-9-4-2-1-3-7(9)11(8)18-12(10)13(15)16/h1-4H,5-6H2,(H,15,16). The van der Waals surface area contributed by atoms with Crippen LogP contribution in [-0.4, -0.2) is 17.7 Å². The molecule has 0 saturated heterocycles. The first-order valence-corrected chi connectivity index (χ1v) is 7.06. The molecule has 1 aromatic heterocycles. The maximum Gasteiger partial charge on any atom is 0.347 e. The van der Waals surface area contributed by atoms with Gasteiger partial charge >= 0.3 is 5.97 Å². The van der Waals surface area contributed by atoms with Crippen molar-refractivity contribution in [3.8, 4) is 16.2 Å². The summed E-state index contributed by atoms with van der Waals surface area (Å²) < 4.78 is 6.37. The minimum Gasteiger partial charge on any atom is -0.493 e. The molecular weight excluding hydrogens is 316 g/mol. The first-order chi connectivity index (χ1) is 8.68. The van der Waals surface area contributed by atoms with Crippen molar-refractivity contribution in [1.29, 1.82) is 0 Å². The van der Waals surface area contributed by atoms with Crippen LogP contribution < -0.4 is 4.74 Å². The zero-order valence-corrected chi connectivity index (χ0v) is 11.7. The van der Waals surface area contributed by atoms with Crippen LogP contribution in [0.1, 0.15) is 15.2 Å². The largest absolute Gasteiger partial charge is 0.493 e. The summed E-state index contributed by atoms with van der Waals surface area (Å²) in [6, 6.07) is 7.74. The number of ether oxygens (including phenoxy) is 1. The van der Waals surface area contributed by atoms with E-state index in [4.69, 9.17) is 4.74 Å². The molecule has 0 aliphatic carbocycles. The molecule has 0 amide bonds. The topological polar surface area (TPSA) is 46.5 Å². The van der Waals surface area contributed by atoms with Gasteiger partial charge in [0.25, 0.3) is 0 Å². The lowest BCUT2D eigenvalue weighted by molar-refractivity contribution is 0.0701. The third-order valence-corrected chi connectivity index (χ3v) is 5.27. The lowest BCUT2D eigenvalue weighted by Gasteiger charge is -2.05. The molecule has 1 aliphatic rings. The maximum atomic E-state index is 11.2. The second-order valence-corrected chi connectivity index (χ2v) is 5.77. The van der Waals surface area contributed by atoms with E-state index < -0.39 is 5.97 Å². The Balaban J connectivity index is 2.27. The number of aromatic carboxylic acids is 1. The van der Waals surface area contributed by atoms with Crippen molar-refractivity contribution >= 4 is 33.2 Å². The van der Waals surface area contributed by atoms with Gasteiger partial charge in [-0.25, -0.2) is 4.79 Å². The summed E-state index contributed by atoms with van der Waals surface area (Å²) in [4.78, 5) is 12.5. The number of fused-ring (bicyclic) bond motifs is 3. The molecule has 3 rings (SSSR count). The lowest BCUT2D eigenvalue weighted by Crippen LogP contribution is -1.99. The third kappa shape index (κ3) is 1.74. The molecule has 5 heteroatoms. The van der Waals surface area contributed by atoms with Gasteiger partial charge in [-0.15, -0.1) is 11.3 Å². The first kappa shape index (κ1) is 11.7. The molecule has 0 unspecified atom stereocenters. The number of benzene rings is 1. The number of hydrogen-bond donors (Lipinski definition) is 1. The highest BCUT2D eigenvalue weighted by atomic mass is 79.9. The molecule has 2 heterocycles. The van der Waals surface area contributed by atoms with E-state index in [0.29, 0.717) is 22.4 Å². The zero-order valence-electron chi connectivity index (χ0n) is 9.27. The first-order valence-electron chi connectivity index (χ1n) is 5.45. The predicted molar refractivity (Wildman–Crippen MR) is 73.6 cm³/mol. The monoisotopic (exact) mass is 324 g/mol. The van der Waals surface area contributed by atoms with Crippen molar-refractivity contribution in [3.63, 3.8) is 0 Å². The molecule has 0 fully saturated rings. The van der Waals surface area contributed by atoms with E-state index in [9.17, 15) is 9.90 Å². The Bertz CT molecular complexity index is 633. The van der Waals surface area contributed by atoms with Gasteiger partial charge in [0.1, 0.15) is 10.6 Å². The normalized spacial score (nSPS) is 13.2. The minimum absolute atomic E-state index is 0.358. The van der Waals surface area contributed by atoms with E-state index in [2.05, 4.69) is 15.9 Å². The average Bonchev–Trinajstić information content (AvgIpc) is 2.57. The summed E-state index contributed by atoms with van der Waals surface area (Å²) in [6.07, 6.45) is 0.717. The van der Waals surface area contributed by atoms with Crippen LogP contribution >= 0.6 is 27.3 Å². The molecule has 1 aliphatic heterocycles. The Hall–Kier alpha value is -1.33. The number of thiophene rings is 1. The summed E-state index contributed by atoms with van der Waals surface area (Å²) >= 11 is 4.70. The highest BCUT2D eigenvalue weighted by molar-refractivity contribution is 9.10. The second-order valence-electron chi connectivity index (χ2n) is 3.95. The summed E-state index contributed by atoms with van der Waals surface area (Å²) in [6.45, 7) is 0.568. The highest BCUT2D eigenvalue weighted by Crippen LogP contribution is 2.45. The Morgan fingerprint density at radius 3 is 2.94 bits per heavy atom. The summed E-state index contributed by atoms with van der Waals surface area (Å²) in [7, 11) is 0. The van der Waals surface area contributed by atoms with Gasteiger partial charge in [-0.05, 0) is 33.6 Å². The second kappa shape index (κ2) is 4.40. The third-order valence-electron chi connectivity index (χ3n) is 2.88. The molecular formula is C13H9BrO3S. The van der Waals surface area contributed by atoms with Gasteiger partial charge in [0, 0.05) is 21.3 Å². The van der Waals surface area contributed by atoms with Crippen LogP contribution in [0.3, 0.4) is 0 Å². The number of carboxylic acids is 1. The number of carbonyl (C=O) groups is 1. The molecule has 3 nitrogen and oxygen atoms in total. The number of halogens is 1. The predicted octanol–water partition coefficient (Wildman–Crippen LogP) is 3.81. The molecule has 0 spiro atoms. The SMILES string of the molecule is O=C(O)c1sc2c(c1Br)CCOc1ccccc1-2. The van der Waals surface area contributed by atoms with Crippen LogP contribution in [0.25, 0.3) is 10.4 Å². The van der Waals surface area contributed by atoms with Crippen LogP contribution in [0.4, 0.5) is 0 Å². The fourth-order valence-corrected chi connectivity index (χ4v) is 4.12. The molecule has 18 heavy (non-hydrogen) atoms. The van der Waals surface area contributed by atoms with Gasteiger partial charge in [0.05, 0.1) is 6.61 Å².